The van der Waals surface area contributed by atoms with E-state index >= 15 is 0 Å². The molecule has 0 radical (unpaired) electrons. The SMILES string of the molecule is O=C(O)CC1CCC2CCNC1C2. The van der Waals surface area contributed by atoms with Crippen molar-refractivity contribution in [2.45, 2.75) is 38.1 Å². The summed E-state index contributed by atoms with van der Waals surface area (Å²) in [6.45, 7) is 1.09. The molecule has 1 aliphatic heterocycles. The summed E-state index contributed by atoms with van der Waals surface area (Å²) in [4.78, 5) is 10.6. The summed E-state index contributed by atoms with van der Waals surface area (Å²) in [6.07, 6.45) is 5.20. The summed E-state index contributed by atoms with van der Waals surface area (Å²) >= 11 is 0. The third-order valence-electron chi connectivity index (χ3n) is 3.50. The van der Waals surface area contributed by atoms with Gasteiger partial charge in [0.25, 0.3) is 0 Å². The molecule has 3 heteroatoms. The molecule has 2 bridgehead atoms. The van der Waals surface area contributed by atoms with Crippen molar-refractivity contribution in [2.75, 3.05) is 6.54 Å². The minimum absolute atomic E-state index is 0.352. The third-order valence-corrected chi connectivity index (χ3v) is 3.50. The number of piperidine rings is 1. The highest BCUT2D eigenvalue weighted by Crippen LogP contribution is 2.35. The molecule has 3 atom stereocenters. The van der Waals surface area contributed by atoms with Crippen LogP contribution >= 0.6 is 0 Å². The maximum atomic E-state index is 10.6. The summed E-state index contributed by atoms with van der Waals surface area (Å²) in [6, 6.07) is 0.489. The predicted octanol–water partition coefficient (Wildman–Crippen LogP) is 1.24. The van der Waals surface area contributed by atoms with Crippen molar-refractivity contribution in [1.82, 2.24) is 5.32 Å². The van der Waals surface area contributed by atoms with Crippen LogP contribution in [0.3, 0.4) is 0 Å². The van der Waals surface area contributed by atoms with Gasteiger partial charge in [-0.15, -0.1) is 0 Å². The maximum absolute atomic E-state index is 10.6. The van der Waals surface area contributed by atoms with E-state index < -0.39 is 5.97 Å². The highest BCUT2D eigenvalue weighted by atomic mass is 16.4. The van der Waals surface area contributed by atoms with E-state index in [0.29, 0.717) is 18.4 Å². The number of nitrogens with one attached hydrogen (secondary N) is 1. The molecule has 0 amide bonds. The van der Waals surface area contributed by atoms with Gasteiger partial charge in [-0.2, -0.15) is 0 Å². The van der Waals surface area contributed by atoms with Crippen LogP contribution in [-0.2, 0) is 4.79 Å². The molecule has 3 unspecified atom stereocenters. The second-order valence-electron chi connectivity index (χ2n) is 4.39. The Bertz CT molecular complexity index is 205. The molecule has 2 N–H and O–H groups in total. The van der Waals surface area contributed by atoms with Crippen molar-refractivity contribution in [3.63, 3.8) is 0 Å². The zero-order valence-corrected chi connectivity index (χ0v) is 7.83. The van der Waals surface area contributed by atoms with Gasteiger partial charge in [0.05, 0.1) is 0 Å². The minimum atomic E-state index is -0.643. The van der Waals surface area contributed by atoms with Crippen LogP contribution in [0.25, 0.3) is 0 Å². The maximum Gasteiger partial charge on any atom is 0.303 e. The van der Waals surface area contributed by atoms with Crippen LogP contribution in [0.2, 0.25) is 0 Å². The lowest BCUT2D eigenvalue weighted by molar-refractivity contribution is -0.138. The van der Waals surface area contributed by atoms with Gasteiger partial charge in [0.1, 0.15) is 0 Å². The Hall–Kier alpha value is -0.570. The van der Waals surface area contributed by atoms with Crippen LogP contribution in [-0.4, -0.2) is 23.7 Å². The molecule has 1 saturated heterocycles. The number of carbonyl (C=O) groups is 1. The molecular weight excluding hydrogens is 166 g/mol. The van der Waals surface area contributed by atoms with Crippen molar-refractivity contribution >= 4 is 5.97 Å². The summed E-state index contributed by atoms with van der Waals surface area (Å²) in [5.41, 5.74) is 0. The Balaban J connectivity index is 1.93. The summed E-state index contributed by atoms with van der Waals surface area (Å²) < 4.78 is 0. The van der Waals surface area contributed by atoms with Gasteiger partial charge in [-0.1, -0.05) is 6.42 Å². The van der Waals surface area contributed by atoms with Crippen molar-refractivity contribution in [2.24, 2.45) is 11.8 Å². The molecule has 74 valence electrons. The fourth-order valence-corrected chi connectivity index (χ4v) is 2.77. The fourth-order valence-electron chi connectivity index (χ4n) is 2.77. The summed E-state index contributed by atoms with van der Waals surface area (Å²) in [7, 11) is 0. The smallest absolute Gasteiger partial charge is 0.303 e. The highest BCUT2D eigenvalue weighted by molar-refractivity contribution is 5.67. The monoisotopic (exact) mass is 183 g/mol. The van der Waals surface area contributed by atoms with Gasteiger partial charge in [-0.3, -0.25) is 4.79 Å². The van der Waals surface area contributed by atoms with Gasteiger partial charge in [-0.05, 0) is 37.6 Å². The second kappa shape index (κ2) is 3.66. The number of carboxylic acid groups (broad SMARTS) is 1. The Morgan fingerprint density at radius 3 is 3.00 bits per heavy atom. The molecule has 0 spiro atoms. The average molecular weight is 183 g/mol. The van der Waals surface area contributed by atoms with E-state index in [2.05, 4.69) is 5.32 Å². The zero-order chi connectivity index (χ0) is 9.26. The largest absolute Gasteiger partial charge is 0.481 e. The molecule has 1 saturated carbocycles. The van der Waals surface area contributed by atoms with E-state index in [4.69, 9.17) is 5.11 Å². The van der Waals surface area contributed by atoms with E-state index in [1.807, 2.05) is 0 Å². The average Bonchev–Trinajstić information content (AvgIpc) is 2.10. The van der Waals surface area contributed by atoms with Crippen molar-refractivity contribution in [3.05, 3.63) is 0 Å². The Kier molecular flexibility index (Phi) is 2.54. The first-order valence-electron chi connectivity index (χ1n) is 5.21. The number of hydrogen-bond acceptors (Lipinski definition) is 2. The first-order chi connectivity index (χ1) is 6.25. The van der Waals surface area contributed by atoms with Gasteiger partial charge in [0, 0.05) is 12.5 Å². The summed E-state index contributed by atoms with van der Waals surface area (Å²) in [5, 5.41) is 12.2. The number of carboxylic acids is 1. The van der Waals surface area contributed by atoms with E-state index in [1.54, 1.807) is 0 Å². The number of hydrogen-bond donors (Lipinski definition) is 2. The lowest BCUT2D eigenvalue weighted by atomic mass is 9.73. The van der Waals surface area contributed by atoms with Gasteiger partial charge >= 0.3 is 5.97 Å². The molecule has 13 heavy (non-hydrogen) atoms. The van der Waals surface area contributed by atoms with E-state index in [0.717, 1.165) is 18.9 Å². The molecule has 1 aliphatic carbocycles. The van der Waals surface area contributed by atoms with Crippen LogP contribution in [0.4, 0.5) is 0 Å². The number of fused-ring (bicyclic) bond motifs is 2. The zero-order valence-electron chi connectivity index (χ0n) is 7.83. The second-order valence-corrected chi connectivity index (χ2v) is 4.39. The number of aliphatic carboxylic acids is 1. The normalized spacial score (nSPS) is 38.6. The lowest BCUT2D eigenvalue weighted by Gasteiger charge is -2.40. The van der Waals surface area contributed by atoms with Gasteiger partial charge in [0.2, 0.25) is 0 Å². The van der Waals surface area contributed by atoms with Crippen LogP contribution in [0.15, 0.2) is 0 Å². The standard InChI is InChI=1S/C10H17NO2/c12-10(13)6-8-2-1-7-3-4-11-9(8)5-7/h7-9,11H,1-6H2,(H,12,13). The van der Waals surface area contributed by atoms with Crippen molar-refractivity contribution in [1.29, 1.82) is 0 Å². The first kappa shape index (κ1) is 9.00. The molecule has 2 aliphatic rings. The Morgan fingerprint density at radius 1 is 1.38 bits per heavy atom. The molecule has 0 aromatic heterocycles. The lowest BCUT2D eigenvalue weighted by Crippen LogP contribution is -2.46. The molecular formula is C10H17NO2. The van der Waals surface area contributed by atoms with Crippen molar-refractivity contribution in [3.8, 4) is 0 Å². The topological polar surface area (TPSA) is 49.3 Å². The Morgan fingerprint density at radius 2 is 2.23 bits per heavy atom. The molecule has 3 nitrogen and oxygen atoms in total. The van der Waals surface area contributed by atoms with Crippen LogP contribution in [0.5, 0.6) is 0 Å². The van der Waals surface area contributed by atoms with Gasteiger partial charge in [-0.25, -0.2) is 0 Å². The molecule has 0 aromatic rings. The predicted molar refractivity (Wildman–Crippen MR) is 49.5 cm³/mol. The van der Waals surface area contributed by atoms with Gasteiger partial charge in [0.15, 0.2) is 0 Å². The van der Waals surface area contributed by atoms with Crippen LogP contribution in [0.1, 0.15) is 32.1 Å². The highest BCUT2D eigenvalue weighted by Gasteiger charge is 2.33. The fraction of sp³-hybridized carbons (Fsp3) is 0.900. The molecule has 2 fully saturated rings. The number of rotatable bonds is 2. The van der Waals surface area contributed by atoms with Crippen LogP contribution in [0, 0.1) is 11.8 Å². The Labute approximate surface area is 78.5 Å². The van der Waals surface area contributed by atoms with Crippen LogP contribution < -0.4 is 5.32 Å². The minimum Gasteiger partial charge on any atom is -0.481 e. The molecule has 2 rings (SSSR count). The first-order valence-corrected chi connectivity index (χ1v) is 5.21. The summed E-state index contributed by atoms with van der Waals surface area (Å²) in [5.74, 6) is 0.612. The quantitative estimate of drug-likeness (QED) is 0.677. The van der Waals surface area contributed by atoms with E-state index in [1.165, 1.54) is 19.3 Å². The van der Waals surface area contributed by atoms with Crippen molar-refractivity contribution < 1.29 is 9.90 Å². The third kappa shape index (κ3) is 2.02. The van der Waals surface area contributed by atoms with E-state index in [9.17, 15) is 4.79 Å². The van der Waals surface area contributed by atoms with Gasteiger partial charge < -0.3 is 10.4 Å². The molecule has 1 heterocycles. The van der Waals surface area contributed by atoms with E-state index in [-0.39, 0.29) is 0 Å². The molecule has 0 aromatic carbocycles.